The average Bonchev–Trinajstić information content (AvgIpc) is 2.78. The van der Waals surface area contributed by atoms with Gasteiger partial charge in [0.1, 0.15) is 5.82 Å². The van der Waals surface area contributed by atoms with Crippen molar-refractivity contribution in [1.82, 2.24) is 15.1 Å². The van der Waals surface area contributed by atoms with Crippen molar-refractivity contribution >= 4 is 18.0 Å². The summed E-state index contributed by atoms with van der Waals surface area (Å²) in [7, 11) is 1.61. The molecule has 32 heavy (non-hydrogen) atoms. The first-order valence-corrected chi connectivity index (χ1v) is 10.9. The highest BCUT2D eigenvalue weighted by Crippen LogP contribution is 2.32. The third-order valence-electron chi connectivity index (χ3n) is 5.86. The molecule has 0 radical (unpaired) electrons. The molecule has 0 spiro atoms. The van der Waals surface area contributed by atoms with E-state index in [0.717, 1.165) is 0 Å². The van der Waals surface area contributed by atoms with Crippen LogP contribution in [0.15, 0.2) is 35.5 Å². The lowest BCUT2D eigenvalue weighted by atomic mass is 9.93. The summed E-state index contributed by atoms with van der Waals surface area (Å²) < 4.78 is 23.9. The largest absolute Gasteiger partial charge is 0.466 e. The Hall–Kier alpha value is -2.94. The SMILES string of the molecule is CCOC(=O)C1=C(CN2CCC(C(=O)OCC)CC2)N(C)C(=O)N[C@H]1c1ccc(F)cc1. The van der Waals surface area contributed by atoms with Gasteiger partial charge >= 0.3 is 18.0 Å². The number of urea groups is 1. The van der Waals surface area contributed by atoms with E-state index < -0.39 is 17.8 Å². The Morgan fingerprint density at radius 3 is 2.31 bits per heavy atom. The summed E-state index contributed by atoms with van der Waals surface area (Å²) >= 11 is 0. The number of rotatable bonds is 7. The molecule has 0 unspecified atom stereocenters. The van der Waals surface area contributed by atoms with Crippen LogP contribution < -0.4 is 5.32 Å². The summed E-state index contributed by atoms with van der Waals surface area (Å²) in [5.74, 6) is -1.24. The minimum absolute atomic E-state index is 0.135. The van der Waals surface area contributed by atoms with Gasteiger partial charge < -0.3 is 14.8 Å². The van der Waals surface area contributed by atoms with Crippen LogP contribution in [0.4, 0.5) is 9.18 Å². The van der Waals surface area contributed by atoms with Gasteiger partial charge in [0.15, 0.2) is 0 Å². The van der Waals surface area contributed by atoms with E-state index >= 15 is 0 Å². The first-order valence-electron chi connectivity index (χ1n) is 10.9. The van der Waals surface area contributed by atoms with E-state index in [1.807, 2.05) is 0 Å². The standard InChI is InChI=1S/C23H30FN3O5/c1-4-31-21(28)16-10-12-27(13-11-16)14-18-19(22(29)32-5-2)20(25-23(30)26(18)3)15-6-8-17(24)9-7-15/h6-9,16,20H,4-5,10-14H2,1-3H3,(H,25,30)/t20-/m0/s1. The molecule has 0 bridgehead atoms. The van der Waals surface area contributed by atoms with Crippen molar-refractivity contribution in [2.75, 3.05) is 39.9 Å². The molecule has 8 nitrogen and oxygen atoms in total. The van der Waals surface area contributed by atoms with Gasteiger partial charge in [-0.2, -0.15) is 0 Å². The van der Waals surface area contributed by atoms with E-state index in [-0.39, 0.29) is 24.5 Å². The summed E-state index contributed by atoms with van der Waals surface area (Å²) in [4.78, 5) is 41.2. The second kappa shape index (κ2) is 10.6. The van der Waals surface area contributed by atoms with Gasteiger partial charge in [-0.15, -0.1) is 0 Å². The molecule has 1 saturated heterocycles. The monoisotopic (exact) mass is 447 g/mol. The lowest BCUT2D eigenvalue weighted by Crippen LogP contribution is -2.50. The van der Waals surface area contributed by atoms with Gasteiger partial charge in [-0.1, -0.05) is 12.1 Å². The topological polar surface area (TPSA) is 88.2 Å². The van der Waals surface area contributed by atoms with Crippen LogP contribution in [0.5, 0.6) is 0 Å². The summed E-state index contributed by atoms with van der Waals surface area (Å²) in [5.41, 5.74) is 1.46. The number of ether oxygens (including phenoxy) is 2. The zero-order valence-electron chi connectivity index (χ0n) is 18.7. The van der Waals surface area contributed by atoms with Crippen LogP contribution in [0, 0.1) is 11.7 Å². The van der Waals surface area contributed by atoms with E-state index in [4.69, 9.17) is 9.47 Å². The number of hydrogen-bond donors (Lipinski definition) is 1. The lowest BCUT2D eigenvalue weighted by Gasteiger charge is -2.38. The minimum Gasteiger partial charge on any atom is -0.466 e. The van der Waals surface area contributed by atoms with Gasteiger partial charge in [-0.05, 0) is 57.5 Å². The van der Waals surface area contributed by atoms with Crippen LogP contribution in [0.25, 0.3) is 0 Å². The second-order valence-electron chi connectivity index (χ2n) is 7.88. The number of likely N-dealkylation sites (tertiary alicyclic amines) is 1. The smallest absolute Gasteiger partial charge is 0.338 e. The van der Waals surface area contributed by atoms with Crippen molar-refractivity contribution in [3.05, 3.63) is 46.9 Å². The molecule has 0 aliphatic carbocycles. The summed E-state index contributed by atoms with van der Waals surface area (Å²) in [6, 6.07) is 4.58. The minimum atomic E-state index is -0.745. The molecule has 2 aliphatic heterocycles. The van der Waals surface area contributed by atoms with Crippen LogP contribution in [-0.4, -0.2) is 67.7 Å². The lowest BCUT2D eigenvalue weighted by molar-refractivity contribution is -0.149. The fraction of sp³-hybridized carbons (Fsp3) is 0.522. The molecule has 1 atom stereocenters. The molecule has 0 saturated carbocycles. The van der Waals surface area contributed by atoms with Crippen molar-refractivity contribution in [3.63, 3.8) is 0 Å². The van der Waals surface area contributed by atoms with Crippen LogP contribution in [-0.2, 0) is 19.1 Å². The third kappa shape index (κ3) is 5.27. The highest BCUT2D eigenvalue weighted by atomic mass is 19.1. The van der Waals surface area contributed by atoms with E-state index in [0.29, 0.717) is 55.9 Å². The van der Waals surface area contributed by atoms with Crippen LogP contribution in [0.1, 0.15) is 38.3 Å². The summed E-state index contributed by atoms with van der Waals surface area (Å²) in [6.45, 7) is 5.69. The molecular weight excluding hydrogens is 417 g/mol. The third-order valence-corrected chi connectivity index (χ3v) is 5.86. The molecule has 1 fully saturated rings. The average molecular weight is 448 g/mol. The Balaban J connectivity index is 1.88. The van der Waals surface area contributed by atoms with E-state index in [1.165, 1.54) is 17.0 Å². The second-order valence-corrected chi connectivity index (χ2v) is 7.88. The summed E-state index contributed by atoms with van der Waals surface area (Å²) in [5, 5.41) is 2.82. The van der Waals surface area contributed by atoms with Crippen LogP contribution in [0.3, 0.4) is 0 Å². The van der Waals surface area contributed by atoms with Crippen molar-refractivity contribution in [2.24, 2.45) is 5.92 Å². The number of nitrogens with one attached hydrogen (secondary N) is 1. The zero-order valence-corrected chi connectivity index (χ0v) is 18.7. The number of carbonyl (C=O) groups is 3. The number of amides is 2. The molecule has 2 aliphatic rings. The Labute approximate surface area is 187 Å². The predicted molar refractivity (Wildman–Crippen MR) is 115 cm³/mol. The Bertz CT molecular complexity index is 878. The van der Waals surface area contributed by atoms with Crippen molar-refractivity contribution in [2.45, 2.75) is 32.7 Å². The fourth-order valence-corrected chi connectivity index (χ4v) is 4.10. The molecule has 0 aromatic heterocycles. The predicted octanol–water partition coefficient (Wildman–Crippen LogP) is 2.61. The van der Waals surface area contributed by atoms with E-state index in [2.05, 4.69) is 10.2 Å². The van der Waals surface area contributed by atoms with Gasteiger partial charge in [0, 0.05) is 19.3 Å². The van der Waals surface area contributed by atoms with Crippen molar-refractivity contribution < 1.29 is 28.2 Å². The number of halogens is 1. The number of esters is 2. The normalized spacial score (nSPS) is 20.2. The van der Waals surface area contributed by atoms with Gasteiger partial charge in [0.25, 0.3) is 0 Å². The number of hydrogen-bond acceptors (Lipinski definition) is 6. The van der Waals surface area contributed by atoms with Crippen LogP contribution >= 0.6 is 0 Å². The number of carbonyl (C=O) groups excluding carboxylic acids is 3. The maximum atomic E-state index is 13.5. The molecule has 9 heteroatoms. The summed E-state index contributed by atoms with van der Waals surface area (Å²) in [6.07, 6.45) is 1.30. The quantitative estimate of drug-likeness (QED) is 0.647. The van der Waals surface area contributed by atoms with Crippen molar-refractivity contribution in [1.29, 1.82) is 0 Å². The molecule has 2 heterocycles. The number of nitrogens with zero attached hydrogens (tertiary/aromatic N) is 2. The molecule has 174 valence electrons. The first-order chi connectivity index (χ1) is 15.3. The fourth-order valence-electron chi connectivity index (χ4n) is 4.10. The molecule has 1 aromatic rings. The van der Waals surface area contributed by atoms with Gasteiger partial charge in [-0.25, -0.2) is 14.0 Å². The van der Waals surface area contributed by atoms with Crippen LogP contribution in [0.2, 0.25) is 0 Å². The highest BCUT2D eigenvalue weighted by Gasteiger charge is 2.38. The molecule has 2 amide bonds. The van der Waals surface area contributed by atoms with E-state index in [9.17, 15) is 18.8 Å². The molecule has 3 rings (SSSR count). The first kappa shape index (κ1) is 23.7. The molecule has 1 aromatic carbocycles. The van der Waals surface area contributed by atoms with Gasteiger partial charge in [0.2, 0.25) is 0 Å². The van der Waals surface area contributed by atoms with Gasteiger partial charge in [-0.3, -0.25) is 14.6 Å². The van der Waals surface area contributed by atoms with Crippen molar-refractivity contribution in [3.8, 4) is 0 Å². The molecular formula is C23H30FN3O5. The maximum absolute atomic E-state index is 13.5. The Morgan fingerprint density at radius 2 is 1.72 bits per heavy atom. The number of benzene rings is 1. The number of piperidine rings is 1. The maximum Gasteiger partial charge on any atom is 0.338 e. The number of likely N-dealkylation sites (N-methyl/N-ethyl adjacent to an activating group) is 1. The Morgan fingerprint density at radius 1 is 1.09 bits per heavy atom. The van der Waals surface area contributed by atoms with E-state index in [1.54, 1.807) is 33.0 Å². The molecule has 1 N–H and O–H groups in total. The highest BCUT2D eigenvalue weighted by molar-refractivity contribution is 5.95. The zero-order chi connectivity index (χ0) is 23.3. The Kier molecular flexibility index (Phi) is 7.84. The van der Waals surface area contributed by atoms with Gasteiger partial charge in [0.05, 0.1) is 30.7 Å².